The molecule has 0 aromatic heterocycles. The Morgan fingerprint density at radius 3 is 2.81 bits per heavy atom. The Balaban J connectivity index is 2.40. The molecule has 3 heteroatoms. The highest BCUT2D eigenvalue weighted by atomic mass is 16.3. The summed E-state index contributed by atoms with van der Waals surface area (Å²) in [6.45, 7) is 9.26. The van der Waals surface area contributed by atoms with E-state index in [-0.39, 0.29) is 6.04 Å². The minimum absolute atomic E-state index is 0.268. The van der Waals surface area contributed by atoms with Gasteiger partial charge in [0, 0.05) is 6.04 Å². The molecule has 3 unspecified atom stereocenters. The largest absolute Gasteiger partial charge is 0.389 e. The lowest BCUT2D eigenvalue weighted by atomic mass is 9.81. The van der Waals surface area contributed by atoms with Crippen LogP contribution in [0.25, 0.3) is 0 Å². The molecule has 1 fully saturated rings. The van der Waals surface area contributed by atoms with E-state index >= 15 is 0 Å². The Bertz CT molecular complexity index is 194. The van der Waals surface area contributed by atoms with E-state index < -0.39 is 5.60 Å². The third-order valence-electron chi connectivity index (χ3n) is 3.90. The molecule has 3 atom stereocenters. The van der Waals surface area contributed by atoms with Crippen molar-refractivity contribution in [2.24, 2.45) is 5.92 Å². The molecule has 1 aliphatic heterocycles. The fourth-order valence-corrected chi connectivity index (χ4v) is 2.53. The first-order chi connectivity index (χ1) is 7.60. The van der Waals surface area contributed by atoms with Crippen molar-refractivity contribution in [3.05, 3.63) is 0 Å². The van der Waals surface area contributed by atoms with Crippen molar-refractivity contribution in [2.75, 3.05) is 19.6 Å². The quantitative estimate of drug-likeness (QED) is 0.604. The van der Waals surface area contributed by atoms with Crippen LogP contribution in [0.2, 0.25) is 0 Å². The lowest BCUT2D eigenvalue weighted by Gasteiger charge is -2.39. The van der Waals surface area contributed by atoms with Crippen LogP contribution in [0, 0.1) is 5.92 Å². The fourth-order valence-electron chi connectivity index (χ4n) is 2.53. The van der Waals surface area contributed by atoms with Gasteiger partial charge in [0.05, 0.1) is 5.60 Å². The SMILES string of the molecule is CCNCCC(C)(O)C1CC(CC)CCN1. The summed E-state index contributed by atoms with van der Waals surface area (Å²) in [6.07, 6.45) is 4.45. The molecule has 16 heavy (non-hydrogen) atoms. The van der Waals surface area contributed by atoms with Crippen molar-refractivity contribution in [3.63, 3.8) is 0 Å². The standard InChI is InChI=1S/C13H28N2O/c1-4-11-6-8-15-12(10-11)13(3,16)7-9-14-5-2/h11-12,14-16H,4-10H2,1-3H3. The third-order valence-corrected chi connectivity index (χ3v) is 3.90. The fraction of sp³-hybridized carbons (Fsp3) is 1.00. The van der Waals surface area contributed by atoms with Crippen molar-refractivity contribution in [2.45, 2.75) is 58.1 Å². The van der Waals surface area contributed by atoms with Gasteiger partial charge >= 0.3 is 0 Å². The monoisotopic (exact) mass is 228 g/mol. The normalized spacial score (nSPS) is 30.0. The molecule has 0 amide bonds. The lowest BCUT2D eigenvalue weighted by Crippen LogP contribution is -2.53. The zero-order chi connectivity index (χ0) is 12.0. The summed E-state index contributed by atoms with van der Waals surface area (Å²) in [4.78, 5) is 0. The highest BCUT2D eigenvalue weighted by molar-refractivity contribution is 4.92. The topological polar surface area (TPSA) is 44.3 Å². The van der Waals surface area contributed by atoms with Gasteiger partial charge in [-0.25, -0.2) is 0 Å². The van der Waals surface area contributed by atoms with Crippen LogP contribution in [0.15, 0.2) is 0 Å². The zero-order valence-corrected chi connectivity index (χ0v) is 11.1. The number of aliphatic hydroxyl groups is 1. The zero-order valence-electron chi connectivity index (χ0n) is 11.1. The molecule has 0 aromatic carbocycles. The van der Waals surface area contributed by atoms with E-state index in [2.05, 4.69) is 24.5 Å². The molecule has 1 rings (SSSR count). The van der Waals surface area contributed by atoms with Gasteiger partial charge in [0.1, 0.15) is 0 Å². The van der Waals surface area contributed by atoms with E-state index in [0.717, 1.165) is 38.4 Å². The molecular formula is C13H28N2O. The summed E-state index contributed by atoms with van der Waals surface area (Å²) in [7, 11) is 0. The molecule has 0 aromatic rings. The number of piperidine rings is 1. The molecular weight excluding hydrogens is 200 g/mol. The van der Waals surface area contributed by atoms with E-state index in [1.165, 1.54) is 12.8 Å². The molecule has 1 aliphatic rings. The van der Waals surface area contributed by atoms with Crippen molar-refractivity contribution in [1.82, 2.24) is 10.6 Å². The van der Waals surface area contributed by atoms with Crippen molar-refractivity contribution >= 4 is 0 Å². The molecule has 3 nitrogen and oxygen atoms in total. The van der Waals surface area contributed by atoms with Crippen LogP contribution in [-0.4, -0.2) is 36.4 Å². The molecule has 0 radical (unpaired) electrons. The lowest BCUT2D eigenvalue weighted by molar-refractivity contribution is -0.00529. The average molecular weight is 228 g/mol. The van der Waals surface area contributed by atoms with Gasteiger partial charge in [-0.1, -0.05) is 20.3 Å². The van der Waals surface area contributed by atoms with Crippen LogP contribution >= 0.6 is 0 Å². The van der Waals surface area contributed by atoms with E-state index in [1.54, 1.807) is 0 Å². The van der Waals surface area contributed by atoms with Crippen molar-refractivity contribution in [1.29, 1.82) is 0 Å². The van der Waals surface area contributed by atoms with Gasteiger partial charge in [-0.15, -0.1) is 0 Å². The number of hydrogen-bond donors (Lipinski definition) is 3. The Morgan fingerprint density at radius 2 is 2.19 bits per heavy atom. The van der Waals surface area contributed by atoms with Crippen LogP contribution in [0.3, 0.4) is 0 Å². The van der Waals surface area contributed by atoms with E-state index in [4.69, 9.17) is 0 Å². The van der Waals surface area contributed by atoms with Gasteiger partial charge in [0.2, 0.25) is 0 Å². The molecule has 3 N–H and O–H groups in total. The van der Waals surface area contributed by atoms with Crippen LogP contribution in [0.5, 0.6) is 0 Å². The Labute approximate surface area is 100 Å². The molecule has 96 valence electrons. The summed E-state index contributed by atoms with van der Waals surface area (Å²) in [6, 6.07) is 0.268. The van der Waals surface area contributed by atoms with Gasteiger partial charge in [0.15, 0.2) is 0 Å². The van der Waals surface area contributed by atoms with Crippen LogP contribution < -0.4 is 10.6 Å². The summed E-state index contributed by atoms with van der Waals surface area (Å²) in [5.74, 6) is 0.789. The summed E-state index contributed by atoms with van der Waals surface area (Å²) < 4.78 is 0. The van der Waals surface area contributed by atoms with E-state index in [1.807, 2.05) is 6.92 Å². The number of rotatable bonds is 6. The smallest absolute Gasteiger partial charge is 0.0784 e. The van der Waals surface area contributed by atoms with Crippen molar-refractivity contribution < 1.29 is 5.11 Å². The van der Waals surface area contributed by atoms with Gasteiger partial charge in [-0.3, -0.25) is 0 Å². The Hall–Kier alpha value is -0.120. The van der Waals surface area contributed by atoms with Gasteiger partial charge in [-0.2, -0.15) is 0 Å². The maximum atomic E-state index is 10.5. The third kappa shape index (κ3) is 4.04. The summed E-state index contributed by atoms with van der Waals surface area (Å²) in [5, 5.41) is 17.2. The van der Waals surface area contributed by atoms with Crippen LogP contribution in [0.4, 0.5) is 0 Å². The van der Waals surface area contributed by atoms with Gasteiger partial charge in [0.25, 0.3) is 0 Å². The maximum Gasteiger partial charge on any atom is 0.0784 e. The highest BCUT2D eigenvalue weighted by Crippen LogP contribution is 2.27. The predicted octanol–water partition coefficient (Wildman–Crippen LogP) is 1.52. The first-order valence-corrected chi connectivity index (χ1v) is 6.76. The molecule has 0 saturated carbocycles. The minimum atomic E-state index is -0.573. The van der Waals surface area contributed by atoms with Gasteiger partial charge in [-0.05, 0) is 51.7 Å². The Morgan fingerprint density at radius 1 is 1.44 bits per heavy atom. The van der Waals surface area contributed by atoms with Crippen LogP contribution in [0.1, 0.15) is 46.5 Å². The second-order valence-electron chi connectivity index (χ2n) is 5.27. The molecule has 0 bridgehead atoms. The first-order valence-electron chi connectivity index (χ1n) is 6.76. The first kappa shape index (κ1) is 13.9. The van der Waals surface area contributed by atoms with E-state index in [0.29, 0.717) is 0 Å². The predicted molar refractivity (Wildman–Crippen MR) is 68.6 cm³/mol. The van der Waals surface area contributed by atoms with Crippen molar-refractivity contribution in [3.8, 4) is 0 Å². The van der Waals surface area contributed by atoms with E-state index in [9.17, 15) is 5.11 Å². The second-order valence-corrected chi connectivity index (χ2v) is 5.27. The summed E-state index contributed by atoms with van der Waals surface area (Å²) >= 11 is 0. The molecule has 1 saturated heterocycles. The van der Waals surface area contributed by atoms with Crippen LogP contribution in [-0.2, 0) is 0 Å². The second kappa shape index (κ2) is 6.58. The number of nitrogens with one attached hydrogen (secondary N) is 2. The maximum absolute atomic E-state index is 10.5. The Kier molecular flexibility index (Phi) is 5.73. The molecule has 1 heterocycles. The summed E-state index contributed by atoms with van der Waals surface area (Å²) in [5.41, 5.74) is -0.573. The number of hydrogen-bond acceptors (Lipinski definition) is 3. The molecule has 0 aliphatic carbocycles. The highest BCUT2D eigenvalue weighted by Gasteiger charge is 2.34. The average Bonchev–Trinajstić information content (AvgIpc) is 2.29. The minimum Gasteiger partial charge on any atom is -0.389 e. The van der Waals surface area contributed by atoms with Gasteiger partial charge < -0.3 is 15.7 Å². The molecule has 0 spiro atoms.